The summed E-state index contributed by atoms with van der Waals surface area (Å²) in [7, 11) is 0. The van der Waals surface area contributed by atoms with Gasteiger partial charge in [-0.1, -0.05) is 24.3 Å². The fourth-order valence-electron chi connectivity index (χ4n) is 2.64. The Hall–Kier alpha value is -2.55. The van der Waals surface area contributed by atoms with E-state index in [1.807, 2.05) is 49.4 Å². The summed E-state index contributed by atoms with van der Waals surface area (Å²) >= 11 is 0. The first-order valence-electron chi connectivity index (χ1n) is 6.18. The molecule has 19 heavy (non-hydrogen) atoms. The molecule has 2 aromatic heterocycles. The van der Waals surface area contributed by atoms with E-state index in [1.54, 1.807) is 0 Å². The van der Waals surface area contributed by atoms with Gasteiger partial charge in [0.2, 0.25) is 0 Å². The molecule has 4 aromatic rings. The first-order valence-corrected chi connectivity index (χ1v) is 6.18. The molecule has 0 radical (unpaired) electrons. The van der Waals surface area contributed by atoms with Gasteiger partial charge < -0.3 is 9.40 Å². The van der Waals surface area contributed by atoms with Crippen LogP contribution in [0.25, 0.3) is 32.8 Å². The van der Waals surface area contributed by atoms with Crippen LogP contribution in [0.15, 0.2) is 51.7 Å². The number of rotatable bonds is 0. The van der Waals surface area contributed by atoms with Gasteiger partial charge in [0.1, 0.15) is 5.58 Å². The maximum Gasteiger partial charge on any atom is 0.346 e. The molecule has 3 nitrogen and oxygen atoms in total. The van der Waals surface area contributed by atoms with E-state index in [4.69, 9.17) is 4.42 Å². The highest BCUT2D eigenvalue weighted by atomic mass is 16.4. The predicted octanol–water partition coefficient (Wildman–Crippen LogP) is 3.74. The Morgan fingerprint density at radius 1 is 1.05 bits per heavy atom. The minimum Gasteiger partial charge on any atom is -0.422 e. The molecule has 4 rings (SSSR count). The average molecular weight is 249 g/mol. The van der Waals surface area contributed by atoms with Gasteiger partial charge in [0.25, 0.3) is 0 Å². The number of fused-ring (bicyclic) bond motifs is 5. The number of nitrogens with one attached hydrogen (secondary N) is 1. The topological polar surface area (TPSA) is 46.0 Å². The monoisotopic (exact) mass is 249 g/mol. The molecule has 0 amide bonds. The number of para-hydroxylation sites is 1. The quantitative estimate of drug-likeness (QED) is 0.482. The first-order chi connectivity index (χ1) is 9.24. The molecule has 0 fully saturated rings. The molecule has 0 aliphatic carbocycles. The Morgan fingerprint density at radius 2 is 1.89 bits per heavy atom. The summed E-state index contributed by atoms with van der Waals surface area (Å²) in [6.07, 6.45) is 0. The van der Waals surface area contributed by atoms with E-state index in [0.29, 0.717) is 11.0 Å². The molecule has 0 aliphatic rings. The molecule has 92 valence electrons. The summed E-state index contributed by atoms with van der Waals surface area (Å²) in [5.74, 6) is 0. The summed E-state index contributed by atoms with van der Waals surface area (Å²) in [5.41, 5.74) is 3.31. The Balaban J connectivity index is 2.37. The van der Waals surface area contributed by atoms with Gasteiger partial charge in [-0.3, -0.25) is 0 Å². The molecule has 2 aromatic carbocycles. The van der Waals surface area contributed by atoms with Crippen molar-refractivity contribution < 1.29 is 4.42 Å². The molecule has 0 unspecified atom stereocenters. The van der Waals surface area contributed by atoms with Crippen LogP contribution in [-0.4, -0.2) is 4.98 Å². The lowest BCUT2D eigenvalue weighted by molar-refractivity contribution is 0.570. The lowest BCUT2D eigenvalue weighted by atomic mass is 10.1. The lowest BCUT2D eigenvalue weighted by Gasteiger charge is -1.97. The van der Waals surface area contributed by atoms with Crippen molar-refractivity contribution in [2.45, 2.75) is 6.92 Å². The van der Waals surface area contributed by atoms with Crippen LogP contribution in [0.2, 0.25) is 0 Å². The van der Waals surface area contributed by atoms with Crippen molar-refractivity contribution in [2.24, 2.45) is 0 Å². The van der Waals surface area contributed by atoms with Gasteiger partial charge in [-0.2, -0.15) is 0 Å². The normalized spacial score (nSPS) is 11.6. The number of aryl methyl sites for hydroxylation is 1. The first kappa shape index (κ1) is 10.4. The number of benzene rings is 2. The third-order valence-electron chi connectivity index (χ3n) is 3.52. The zero-order valence-corrected chi connectivity index (χ0v) is 10.4. The second-order valence-corrected chi connectivity index (χ2v) is 4.81. The van der Waals surface area contributed by atoms with E-state index >= 15 is 0 Å². The van der Waals surface area contributed by atoms with E-state index in [-0.39, 0.29) is 5.63 Å². The van der Waals surface area contributed by atoms with E-state index in [9.17, 15) is 4.79 Å². The summed E-state index contributed by atoms with van der Waals surface area (Å²) < 4.78 is 5.40. The summed E-state index contributed by atoms with van der Waals surface area (Å²) in [5, 5.41) is 2.49. The standard InChI is InChI=1S/C16H11NO2/c1-9-6-7-10-12(8-9)17-15-11-4-2-3-5-13(11)19-16(18)14(10)15/h2-8,17H,1H3. The number of aromatic amines is 1. The van der Waals surface area contributed by atoms with Crippen LogP contribution >= 0.6 is 0 Å². The van der Waals surface area contributed by atoms with Gasteiger partial charge in [-0.05, 0) is 30.7 Å². The third kappa shape index (κ3) is 1.35. The molecule has 3 heteroatoms. The molecule has 0 saturated carbocycles. The number of aromatic nitrogens is 1. The highest BCUT2D eigenvalue weighted by molar-refractivity contribution is 6.14. The van der Waals surface area contributed by atoms with Crippen molar-refractivity contribution in [3.8, 4) is 0 Å². The fraction of sp³-hybridized carbons (Fsp3) is 0.0625. The van der Waals surface area contributed by atoms with Gasteiger partial charge in [0, 0.05) is 16.3 Å². The maximum atomic E-state index is 12.2. The largest absolute Gasteiger partial charge is 0.422 e. The SMILES string of the molecule is Cc1ccc2c(c1)[nH]c1c3ccccc3oc(=O)c21. The fourth-order valence-corrected chi connectivity index (χ4v) is 2.64. The Kier molecular flexibility index (Phi) is 1.90. The van der Waals surface area contributed by atoms with Crippen molar-refractivity contribution in [1.29, 1.82) is 0 Å². The van der Waals surface area contributed by atoms with E-state index in [2.05, 4.69) is 4.98 Å². The van der Waals surface area contributed by atoms with E-state index in [0.717, 1.165) is 27.4 Å². The number of hydrogen-bond acceptors (Lipinski definition) is 2. The average Bonchev–Trinajstić information content (AvgIpc) is 2.78. The molecule has 0 spiro atoms. The van der Waals surface area contributed by atoms with Crippen molar-refractivity contribution in [2.75, 3.05) is 0 Å². The van der Waals surface area contributed by atoms with Crippen molar-refractivity contribution >= 4 is 32.8 Å². The van der Waals surface area contributed by atoms with Crippen LogP contribution in [-0.2, 0) is 0 Å². The zero-order chi connectivity index (χ0) is 13.0. The Labute approximate surface area is 108 Å². The summed E-state index contributed by atoms with van der Waals surface area (Å²) in [4.78, 5) is 15.5. The predicted molar refractivity (Wildman–Crippen MR) is 76.6 cm³/mol. The van der Waals surface area contributed by atoms with Crippen LogP contribution < -0.4 is 5.63 Å². The van der Waals surface area contributed by atoms with E-state index in [1.165, 1.54) is 0 Å². The second-order valence-electron chi connectivity index (χ2n) is 4.81. The number of hydrogen-bond donors (Lipinski definition) is 1. The second kappa shape index (κ2) is 3.48. The minimum atomic E-state index is -0.288. The van der Waals surface area contributed by atoms with Gasteiger partial charge >= 0.3 is 5.63 Å². The molecular weight excluding hydrogens is 238 g/mol. The van der Waals surface area contributed by atoms with Gasteiger partial charge in [0.05, 0.1) is 10.9 Å². The molecule has 0 aliphatic heterocycles. The Morgan fingerprint density at radius 3 is 2.79 bits per heavy atom. The van der Waals surface area contributed by atoms with Crippen molar-refractivity contribution in [3.05, 3.63) is 58.4 Å². The van der Waals surface area contributed by atoms with Crippen molar-refractivity contribution in [1.82, 2.24) is 4.98 Å². The maximum absolute atomic E-state index is 12.2. The van der Waals surface area contributed by atoms with E-state index < -0.39 is 0 Å². The highest BCUT2D eigenvalue weighted by Crippen LogP contribution is 2.28. The lowest BCUT2D eigenvalue weighted by Crippen LogP contribution is -1.98. The van der Waals surface area contributed by atoms with Crippen LogP contribution in [0, 0.1) is 6.92 Å². The highest BCUT2D eigenvalue weighted by Gasteiger charge is 2.12. The van der Waals surface area contributed by atoms with Gasteiger partial charge in [-0.25, -0.2) is 4.79 Å². The van der Waals surface area contributed by atoms with Crippen molar-refractivity contribution in [3.63, 3.8) is 0 Å². The van der Waals surface area contributed by atoms with Crippen LogP contribution in [0.4, 0.5) is 0 Å². The number of H-pyrrole nitrogens is 1. The van der Waals surface area contributed by atoms with Crippen LogP contribution in [0.3, 0.4) is 0 Å². The van der Waals surface area contributed by atoms with Crippen LogP contribution in [0.5, 0.6) is 0 Å². The molecule has 0 saturated heterocycles. The smallest absolute Gasteiger partial charge is 0.346 e. The zero-order valence-electron chi connectivity index (χ0n) is 10.4. The van der Waals surface area contributed by atoms with Gasteiger partial charge in [-0.15, -0.1) is 0 Å². The summed E-state index contributed by atoms with van der Waals surface area (Å²) in [6.45, 7) is 2.03. The minimum absolute atomic E-state index is 0.288. The summed E-state index contributed by atoms with van der Waals surface area (Å²) in [6, 6.07) is 13.6. The van der Waals surface area contributed by atoms with Crippen LogP contribution in [0.1, 0.15) is 5.56 Å². The molecule has 2 heterocycles. The Bertz CT molecular complexity index is 992. The molecular formula is C16H11NO2. The molecule has 1 N–H and O–H groups in total. The molecule has 0 atom stereocenters. The van der Waals surface area contributed by atoms with Gasteiger partial charge in [0.15, 0.2) is 0 Å². The third-order valence-corrected chi connectivity index (χ3v) is 3.52. The molecule has 0 bridgehead atoms.